The molecule has 0 aliphatic heterocycles. The molecule has 0 amide bonds. The maximum atomic E-state index is 14.7. The minimum atomic E-state index is -1.80. The summed E-state index contributed by atoms with van der Waals surface area (Å²) in [5.41, 5.74) is 4.46. The van der Waals surface area contributed by atoms with Crippen LogP contribution in [0.2, 0.25) is 0 Å². The zero-order valence-corrected chi connectivity index (χ0v) is 10.3. The SMILES string of the molecule is COCC(F)(CCCN)c1cc(C)ccc1F. The minimum absolute atomic E-state index is 0.0628. The lowest BCUT2D eigenvalue weighted by molar-refractivity contribution is 0.0277. The first-order valence-electron chi connectivity index (χ1n) is 5.68. The molecule has 1 atom stereocenters. The molecule has 4 heteroatoms. The Labute approximate surface area is 101 Å². The molecule has 0 spiro atoms. The second kappa shape index (κ2) is 6.07. The molecule has 0 bridgehead atoms. The summed E-state index contributed by atoms with van der Waals surface area (Å²) in [6, 6.07) is 4.44. The van der Waals surface area contributed by atoms with Crippen LogP contribution in [-0.4, -0.2) is 20.3 Å². The second-order valence-electron chi connectivity index (χ2n) is 4.27. The molecule has 0 aromatic heterocycles. The maximum absolute atomic E-state index is 14.7. The van der Waals surface area contributed by atoms with Crippen molar-refractivity contribution < 1.29 is 13.5 Å². The van der Waals surface area contributed by atoms with E-state index in [0.29, 0.717) is 13.0 Å². The van der Waals surface area contributed by atoms with Crippen molar-refractivity contribution >= 4 is 0 Å². The van der Waals surface area contributed by atoms with Crippen LogP contribution in [0, 0.1) is 12.7 Å². The number of alkyl halides is 1. The van der Waals surface area contributed by atoms with Gasteiger partial charge in [-0.05, 0) is 38.4 Å². The zero-order valence-electron chi connectivity index (χ0n) is 10.3. The van der Waals surface area contributed by atoms with Crippen LogP contribution in [0.15, 0.2) is 18.2 Å². The molecule has 0 saturated heterocycles. The summed E-state index contributed by atoms with van der Waals surface area (Å²) in [5, 5.41) is 0. The molecule has 0 saturated carbocycles. The van der Waals surface area contributed by atoms with Crippen LogP contribution in [0.25, 0.3) is 0 Å². The molecule has 1 rings (SSSR count). The highest BCUT2D eigenvalue weighted by Crippen LogP contribution is 2.33. The van der Waals surface area contributed by atoms with E-state index in [0.717, 1.165) is 5.56 Å². The van der Waals surface area contributed by atoms with Gasteiger partial charge in [0.05, 0.1) is 6.61 Å². The van der Waals surface area contributed by atoms with Gasteiger partial charge in [-0.15, -0.1) is 0 Å². The number of hydrogen-bond donors (Lipinski definition) is 1. The molecule has 2 N–H and O–H groups in total. The lowest BCUT2D eigenvalue weighted by atomic mass is 9.90. The van der Waals surface area contributed by atoms with Crippen molar-refractivity contribution in [3.63, 3.8) is 0 Å². The summed E-state index contributed by atoms with van der Waals surface area (Å²) < 4.78 is 33.3. The first-order valence-corrected chi connectivity index (χ1v) is 5.68. The number of ether oxygens (including phenoxy) is 1. The van der Waals surface area contributed by atoms with Gasteiger partial charge in [0.15, 0.2) is 5.67 Å². The fourth-order valence-electron chi connectivity index (χ4n) is 1.88. The van der Waals surface area contributed by atoms with Gasteiger partial charge >= 0.3 is 0 Å². The Morgan fingerprint density at radius 3 is 2.71 bits per heavy atom. The zero-order chi connectivity index (χ0) is 12.9. The molecule has 0 heterocycles. The van der Waals surface area contributed by atoms with Crippen molar-refractivity contribution in [1.29, 1.82) is 0 Å². The van der Waals surface area contributed by atoms with Gasteiger partial charge in [-0.2, -0.15) is 0 Å². The van der Waals surface area contributed by atoms with Crippen molar-refractivity contribution in [2.45, 2.75) is 25.4 Å². The predicted octanol–water partition coefficient (Wildman–Crippen LogP) is 2.68. The first kappa shape index (κ1) is 14.1. The van der Waals surface area contributed by atoms with Crippen LogP contribution >= 0.6 is 0 Å². The van der Waals surface area contributed by atoms with Gasteiger partial charge in [-0.3, -0.25) is 0 Å². The standard InChI is InChI=1S/C13H19F2NO/c1-10-4-5-12(14)11(8-10)13(15,9-17-2)6-3-7-16/h4-5,8H,3,6-7,9,16H2,1-2H3. The summed E-state index contributed by atoms with van der Waals surface area (Å²) in [5.74, 6) is -0.535. The van der Waals surface area contributed by atoms with Crippen molar-refractivity contribution in [3.05, 3.63) is 35.1 Å². The Morgan fingerprint density at radius 2 is 2.12 bits per heavy atom. The van der Waals surface area contributed by atoms with Gasteiger partial charge in [0.25, 0.3) is 0 Å². The summed E-state index contributed by atoms with van der Waals surface area (Å²) in [6.07, 6.45) is 0.658. The highest BCUT2D eigenvalue weighted by atomic mass is 19.1. The first-order chi connectivity index (χ1) is 8.03. The lowest BCUT2D eigenvalue weighted by Crippen LogP contribution is -2.28. The molecule has 1 aromatic carbocycles. The van der Waals surface area contributed by atoms with Gasteiger partial charge in [-0.1, -0.05) is 11.6 Å². The van der Waals surface area contributed by atoms with E-state index in [4.69, 9.17) is 10.5 Å². The van der Waals surface area contributed by atoms with E-state index in [1.54, 1.807) is 13.0 Å². The van der Waals surface area contributed by atoms with E-state index >= 15 is 0 Å². The maximum Gasteiger partial charge on any atom is 0.162 e. The molecule has 2 nitrogen and oxygen atoms in total. The van der Waals surface area contributed by atoms with Crippen molar-refractivity contribution in [2.75, 3.05) is 20.3 Å². The van der Waals surface area contributed by atoms with Crippen molar-refractivity contribution in [3.8, 4) is 0 Å². The molecule has 1 aromatic rings. The largest absolute Gasteiger partial charge is 0.381 e. The molecule has 0 aliphatic carbocycles. The van der Waals surface area contributed by atoms with E-state index in [2.05, 4.69) is 0 Å². The van der Waals surface area contributed by atoms with Crippen LogP contribution < -0.4 is 5.73 Å². The predicted molar refractivity (Wildman–Crippen MR) is 64.1 cm³/mol. The normalized spacial score (nSPS) is 14.6. The number of methoxy groups -OCH3 is 1. The molecular formula is C13H19F2NO. The highest BCUT2D eigenvalue weighted by Gasteiger charge is 2.34. The number of rotatable bonds is 6. The Kier molecular flexibility index (Phi) is 5.02. The van der Waals surface area contributed by atoms with Crippen LogP contribution in [0.1, 0.15) is 24.0 Å². The average Bonchev–Trinajstić information content (AvgIpc) is 2.30. The van der Waals surface area contributed by atoms with E-state index in [1.807, 2.05) is 0 Å². The number of halogens is 2. The molecule has 0 aliphatic rings. The van der Waals surface area contributed by atoms with E-state index < -0.39 is 11.5 Å². The van der Waals surface area contributed by atoms with Gasteiger partial charge in [-0.25, -0.2) is 8.78 Å². The minimum Gasteiger partial charge on any atom is -0.381 e. The summed E-state index contributed by atoms with van der Waals surface area (Å²) in [7, 11) is 1.41. The summed E-state index contributed by atoms with van der Waals surface area (Å²) >= 11 is 0. The molecule has 1 unspecified atom stereocenters. The number of nitrogens with two attached hydrogens (primary N) is 1. The fraction of sp³-hybridized carbons (Fsp3) is 0.538. The number of benzene rings is 1. The third kappa shape index (κ3) is 3.48. The van der Waals surface area contributed by atoms with Gasteiger partial charge in [0, 0.05) is 12.7 Å². The second-order valence-corrected chi connectivity index (χ2v) is 4.27. The van der Waals surface area contributed by atoms with Gasteiger partial charge < -0.3 is 10.5 Å². The fourth-order valence-corrected chi connectivity index (χ4v) is 1.88. The molecular weight excluding hydrogens is 224 g/mol. The Bertz CT molecular complexity index is 370. The quantitative estimate of drug-likeness (QED) is 0.833. The van der Waals surface area contributed by atoms with Crippen molar-refractivity contribution in [2.24, 2.45) is 5.73 Å². The summed E-state index contributed by atoms with van der Waals surface area (Å²) in [4.78, 5) is 0. The van der Waals surface area contributed by atoms with Crippen LogP contribution in [0.4, 0.5) is 8.78 Å². The molecule has 0 fully saturated rings. The van der Waals surface area contributed by atoms with Gasteiger partial charge in [0.1, 0.15) is 5.82 Å². The third-order valence-corrected chi connectivity index (χ3v) is 2.75. The molecule has 96 valence electrons. The molecule has 17 heavy (non-hydrogen) atoms. The lowest BCUT2D eigenvalue weighted by Gasteiger charge is -2.25. The Hall–Kier alpha value is -1.00. The van der Waals surface area contributed by atoms with Gasteiger partial charge in [0.2, 0.25) is 0 Å². The average molecular weight is 243 g/mol. The smallest absolute Gasteiger partial charge is 0.162 e. The van der Waals surface area contributed by atoms with E-state index in [1.165, 1.54) is 19.2 Å². The molecule has 0 radical (unpaired) electrons. The van der Waals surface area contributed by atoms with Crippen LogP contribution in [-0.2, 0) is 10.4 Å². The van der Waals surface area contributed by atoms with E-state index in [9.17, 15) is 8.78 Å². The van der Waals surface area contributed by atoms with Crippen LogP contribution in [0.3, 0.4) is 0 Å². The summed E-state index contributed by atoms with van der Waals surface area (Å²) in [6.45, 7) is 2.02. The van der Waals surface area contributed by atoms with Crippen molar-refractivity contribution in [1.82, 2.24) is 0 Å². The number of hydrogen-bond acceptors (Lipinski definition) is 2. The third-order valence-electron chi connectivity index (χ3n) is 2.75. The monoisotopic (exact) mass is 243 g/mol. The number of aryl methyl sites for hydroxylation is 1. The Balaban J connectivity index is 3.07. The topological polar surface area (TPSA) is 35.2 Å². The highest BCUT2D eigenvalue weighted by molar-refractivity contribution is 5.29. The Morgan fingerprint density at radius 1 is 1.41 bits per heavy atom. The van der Waals surface area contributed by atoms with E-state index in [-0.39, 0.29) is 18.6 Å². The van der Waals surface area contributed by atoms with Crippen LogP contribution in [0.5, 0.6) is 0 Å².